The summed E-state index contributed by atoms with van der Waals surface area (Å²) in [6.07, 6.45) is -0.736. The van der Waals surface area contributed by atoms with Gasteiger partial charge in [-0.3, -0.25) is 9.69 Å². The molecule has 1 saturated heterocycles. The zero-order valence-corrected chi connectivity index (χ0v) is 16.4. The van der Waals surface area contributed by atoms with E-state index in [1.807, 2.05) is 43.3 Å². The topological polar surface area (TPSA) is 72.4 Å². The van der Waals surface area contributed by atoms with Crippen LogP contribution >= 0.6 is 0 Å². The first-order valence-corrected chi connectivity index (χ1v) is 9.81. The zero-order valence-electron chi connectivity index (χ0n) is 16.4. The SMILES string of the molecule is C/C(=N/NC(=O)[C@@H]1COc2ccccc2O1)[C@@H](c1ccccc1)N1CCOCC1. The van der Waals surface area contributed by atoms with Crippen LogP contribution in [0, 0.1) is 0 Å². The second-order valence-corrected chi connectivity index (χ2v) is 7.06. The number of carbonyl (C=O) groups is 1. The van der Waals surface area contributed by atoms with Crippen molar-refractivity contribution in [3.05, 3.63) is 60.2 Å². The summed E-state index contributed by atoms with van der Waals surface area (Å²) in [5.41, 5.74) is 4.60. The van der Waals surface area contributed by atoms with Gasteiger partial charge in [-0.05, 0) is 24.6 Å². The minimum atomic E-state index is -0.736. The maximum atomic E-state index is 12.6. The molecule has 1 fully saturated rings. The van der Waals surface area contributed by atoms with Crippen molar-refractivity contribution in [1.82, 2.24) is 10.3 Å². The molecule has 2 aliphatic rings. The number of hydrogen-bond acceptors (Lipinski definition) is 6. The molecule has 0 spiro atoms. The average molecular weight is 395 g/mol. The first-order chi connectivity index (χ1) is 14.2. The number of para-hydroxylation sites is 2. The van der Waals surface area contributed by atoms with Crippen LogP contribution < -0.4 is 14.9 Å². The largest absolute Gasteiger partial charge is 0.485 e. The molecule has 1 amide bonds. The molecule has 0 saturated carbocycles. The van der Waals surface area contributed by atoms with Gasteiger partial charge < -0.3 is 14.2 Å². The van der Waals surface area contributed by atoms with Gasteiger partial charge >= 0.3 is 0 Å². The van der Waals surface area contributed by atoms with E-state index in [1.165, 1.54) is 0 Å². The Morgan fingerprint density at radius 2 is 1.76 bits per heavy atom. The van der Waals surface area contributed by atoms with Crippen molar-refractivity contribution in [3.8, 4) is 11.5 Å². The maximum Gasteiger partial charge on any atom is 0.284 e. The number of rotatable bonds is 5. The number of benzene rings is 2. The minimum Gasteiger partial charge on any atom is -0.485 e. The number of nitrogens with one attached hydrogen (secondary N) is 1. The van der Waals surface area contributed by atoms with Crippen LogP contribution in [0.4, 0.5) is 0 Å². The number of nitrogens with zero attached hydrogens (tertiary/aromatic N) is 2. The number of amides is 1. The number of carbonyl (C=O) groups excluding carboxylic acids is 1. The Balaban J connectivity index is 1.46. The summed E-state index contributed by atoms with van der Waals surface area (Å²) in [5, 5.41) is 4.41. The Kier molecular flexibility index (Phi) is 6.07. The molecule has 2 aliphatic heterocycles. The third-order valence-corrected chi connectivity index (χ3v) is 5.07. The lowest BCUT2D eigenvalue weighted by Crippen LogP contribution is -2.44. The third-order valence-electron chi connectivity index (χ3n) is 5.07. The van der Waals surface area contributed by atoms with E-state index in [-0.39, 0.29) is 18.6 Å². The molecular weight excluding hydrogens is 370 g/mol. The van der Waals surface area contributed by atoms with Gasteiger partial charge in [-0.25, -0.2) is 5.43 Å². The molecule has 2 aromatic rings. The molecule has 0 unspecified atom stereocenters. The van der Waals surface area contributed by atoms with Crippen molar-refractivity contribution in [1.29, 1.82) is 0 Å². The molecule has 2 atom stereocenters. The Bertz CT molecular complexity index is 865. The van der Waals surface area contributed by atoms with Gasteiger partial charge in [-0.2, -0.15) is 5.10 Å². The third kappa shape index (κ3) is 4.58. The molecule has 2 heterocycles. The molecule has 1 N–H and O–H groups in total. The molecule has 7 heteroatoms. The summed E-state index contributed by atoms with van der Waals surface area (Å²) >= 11 is 0. The fourth-order valence-electron chi connectivity index (χ4n) is 3.61. The lowest BCUT2D eigenvalue weighted by molar-refractivity contribution is -0.130. The lowest BCUT2D eigenvalue weighted by Gasteiger charge is -2.34. The van der Waals surface area contributed by atoms with E-state index in [4.69, 9.17) is 14.2 Å². The minimum absolute atomic E-state index is 0.0235. The van der Waals surface area contributed by atoms with Gasteiger partial charge in [0.05, 0.1) is 25.0 Å². The van der Waals surface area contributed by atoms with Crippen LogP contribution in [0.5, 0.6) is 11.5 Å². The highest BCUT2D eigenvalue weighted by atomic mass is 16.6. The molecule has 0 radical (unpaired) electrons. The standard InChI is InChI=1S/C22H25N3O4/c1-16(21(17-7-3-2-4-8-17)25-11-13-27-14-12-25)23-24-22(26)20-15-28-18-9-5-6-10-19(18)29-20/h2-10,20-21H,11-15H2,1H3,(H,24,26)/b23-16-/t20-,21-/m0/s1. The van der Waals surface area contributed by atoms with Gasteiger partial charge in [0, 0.05) is 13.1 Å². The van der Waals surface area contributed by atoms with Crippen molar-refractivity contribution in [2.24, 2.45) is 5.10 Å². The van der Waals surface area contributed by atoms with Gasteiger partial charge in [0.15, 0.2) is 11.5 Å². The quantitative estimate of drug-likeness (QED) is 0.622. The molecule has 0 aliphatic carbocycles. The number of fused-ring (bicyclic) bond motifs is 1. The van der Waals surface area contributed by atoms with E-state index >= 15 is 0 Å². The van der Waals surface area contributed by atoms with Crippen LogP contribution in [-0.2, 0) is 9.53 Å². The predicted molar refractivity (Wildman–Crippen MR) is 109 cm³/mol. The molecular formula is C22H25N3O4. The van der Waals surface area contributed by atoms with Crippen molar-refractivity contribution < 1.29 is 19.0 Å². The Morgan fingerprint density at radius 3 is 2.52 bits per heavy atom. The van der Waals surface area contributed by atoms with E-state index in [1.54, 1.807) is 6.07 Å². The van der Waals surface area contributed by atoms with Gasteiger partial charge in [0.25, 0.3) is 5.91 Å². The van der Waals surface area contributed by atoms with Crippen molar-refractivity contribution in [2.75, 3.05) is 32.9 Å². The van der Waals surface area contributed by atoms with Crippen molar-refractivity contribution in [3.63, 3.8) is 0 Å². The molecule has 0 bridgehead atoms. The monoisotopic (exact) mass is 395 g/mol. The number of ether oxygens (including phenoxy) is 3. The number of morpholine rings is 1. The van der Waals surface area contributed by atoms with Crippen LogP contribution in [0.3, 0.4) is 0 Å². The summed E-state index contributed by atoms with van der Waals surface area (Å²) in [7, 11) is 0. The van der Waals surface area contributed by atoms with Gasteiger partial charge in [0.2, 0.25) is 6.10 Å². The fourth-order valence-corrected chi connectivity index (χ4v) is 3.61. The van der Waals surface area contributed by atoms with Crippen LogP contribution in [0.1, 0.15) is 18.5 Å². The highest BCUT2D eigenvalue weighted by Crippen LogP contribution is 2.31. The van der Waals surface area contributed by atoms with Crippen LogP contribution in [0.15, 0.2) is 59.7 Å². The molecule has 152 valence electrons. The molecule has 2 aromatic carbocycles. The van der Waals surface area contributed by atoms with Crippen molar-refractivity contribution in [2.45, 2.75) is 19.1 Å². The Morgan fingerprint density at radius 1 is 1.07 bits per heavy atom. The molecule has 4 rings (SSSR count). The Labute approximate surface area is 170 Å². The van der Waals surface area contributed by atoms with E-state index in [9.17, 15) is 4.79 Å². The van der Waals surface area contributed by atoms with Crippen molar-refractivity contribution >= 4 is 11.6 Å². The van der Waals surface area contributed by atoms with Crippen LogP contribution in [0.2, 0.25) is 0 Å². The number of hydrazone groups is 1. The average Bonchev–Trinajstić information content (AvgIpc) is 2.79. The summed E-state index contributed by atoms with van der Waals surface area (Å²) in [6.45, 7) is 5.10. The van der Waals surface area contributed by atoms with Crippen LogP contribution in [-0.4, -0.2) is 55.5 Å². The summed E-state index contributed by atoms with van der Waals surface area (Å²) in [4.78, 5) is 14.9. The first kappa shape index (κ1) is 19.4. The first-order valence-electron chi connectivity index (χ1n) is 9.81. The molecule has 0 aromatic heterocycles. The maximum absolute atomic E-state index is 12.6. The zero-order chi connectivity index (χ0) is 20.1. The Hall–Kier alpha value is -2.90. The van der Waals surface area contributed by atoms with Crippen LogP contribution in [0.25, 0.3) is 0 Å². The van der Waals surface area contributed by atoms with E-state index in [0.29, 0.717) is 24.7 Å². The number of hydrogen-bond donors (Lipinski definition) is 1. The summed E-state index contributed by atoms with van der Waals surface area (Å²) in [6, 6.07) is 17.5. The second kappa shape index (κ2) is 9.07. The van der Waals surface area contributed by atoms with E-state index in [2.05, 4.69) is 27.6 Å². The lowest BCUT2D eigenvalue weighted by atomic mass is 10.0. The normalized spacial score (nSPS) is 20.7. The van der Waals surface area contributed by atoms with Gasteiger partial charge in [-0.15, -0.1) is 0 Å². The summed E-state index contributed by atoms with van der Waals surface area (Å²) in [5.74, 6) is 0.885. The molecule has 29 heavy (non-hydrogen) atoms. The fraction of sp³-hybridized carbons (Fsp3) is 0.364. The van der Waals surface area contributed by atoms with Gasteiger partial charge in [-0.1, -0.05) is 42.5 Å². The molecule has 7 nitrogen and oxygen atoms in total. The highest BCUT2D eigenvalue weighted by Gasteiger charge is 2.28. The van der Waals surface area contributed by atoms with E-state index in [0.717, 1.165) is 24.4 Å². The predicted octanol–water partition coefficient (Wildman–Crippen LogP) is 2.39. The van der Waals surface area contributed by atoms with E-state index < -0.39 is 6.10 Å². The summed E-state index contributed by atoms with van der Waals surface area (Å²) < 4.78 is 16.9. The second-order valence-electron chi connectivity index (χ2n) is 7.06. The highest BCUT2D eigenvalue weighted by molar-refractivity contribution is 5.90. The smallest absolute Gasteiger partial charge is 0.284 e. The van der Waals surface area contributed by atoms with Gasteiger partial charge in [0.1, 0.15) is 6.61 Å².